The summed E-state index contributed by atoms with van der Waals surface area (Å²) >= 11 is 0. The molecular weight excluding hydrogens is 418 g/mol. The van der Waals surface area contributed by atoms with Gasteiger partial charge in [0.05, 0.1) is 25.6 Å². The van der Waals surface area contributed by atoms with Crippen LogP contribution in [0, 0.1) is 18.3 Å². The summed E-state index contributed by atoms with van der Waals surface area (Å²) in [5.41, 5.74) is 5.89. The Morgan fingerprint density at radius 1 is 1.31 bits per heavy atom. The highest BCUT2D eigenvalue weighted by Gasteiger charge is 2.30. The Hall–Kier alpha value is -3.84. The third-order valence-corrected chi connectivity index (χ3v) is 5.28. The molecule has 4 rings (SSSR count). The van der Waals surface area contributed by atoms with E-state index in [1.807, 2.05) is 0 Å². The maximum absolute atomic E-state index is 15.6. The van der Waals surface area contributed by atoms with Crippen molar-refractivity contribution in [1.29, 1.82) is 0 Å². The van der Waals surface area contributed by atoms with Crippen molar-refractivity contribution in [3.63, 3.8) is 0 Å². The number of likely N-dealkylation sites (tertiary alicyclic amines) is 1. The number of halogens is 2. The van der Waals surface area contributed by atoms with Crippen LogP contribution in [-0.2, 0) is 0 Å². The van der Waals surface area contributed by atoms with Crippen molar-refractivity contribution in [2.75, 3.05) is 20.2 Å². The first-order valence-electron chi connectivity index (χ1n) is 9.93. The van der Waals surface area contributed by atoms with Gasteiger partial charge in [0.15, 0.2) is 5.69 Å². The number of pyridine rings is 1. The first-order valence-corrected chi connectivity index (χ1v) is 9.93. The van der Waals surface area contributed by atoms with Crippen molar-refractivity contribution in [2.45, 2.75) is 18.9 Å². The van der Waals surface area contributed by atoms with E-state index < -0.39 is 17.7 Å². The van der Waals surface area contributed by atoms with Gasteiger partial charge in [-0.1, -0.05) is 12.1 Å². The predicted octanol–water partition coefficient (Wildman–Crippen LogP) is 3.34. The number of ether oxygens (including phenoxy) is 1. The quantitative estimate of drug-likeness (QED) is 0.631. The van der Waals surface area contributed by atoms with Crippen LogP contribution in [-0.4, -0.2) is 51.6 Å². The third-order valence-electron chi connectivity index (χ3n) is 5.28. The Morgan fingerprint density at radius 2 is 2.12 bits per heavy atom. The van der Waals surface area contributed by atoms with Gasteiger partial charge in [0, 0.05) is 30.8 Å². The van der Waals surface area contributed by atoms with Crippen molar-refractivity contribution in [1.82, 2.24) is 19.4 Å². The standard InChI is InChI=1S/C22H20F2N6O2/c1-26-17-7-5-13(10-16(17)23)21-28-19(22(31)29-9-3-4-14(25)12-29)20(24)30(21)15-6-8-18(32-2)27-11-15/h5-8,10-11,14H,3-4,9,12,25H2,2H3/t14-/m0/s1. The van der Waals surface area contributed by atoms with Gasteiger partial charge in [-0.2, -0.15) is 4.39 Å². The fraction of sp³-hybridized carbons (Fsp3) is 0.273. The van der Waals surface area contributed by atoms with E-state index in [1.165, 1.54) is 36.4 Å². The van der Waals surface area contributed by atoms with Gasteiger partial charge in [0.2, 0.25) is 17.5 Å². The molecule has 8 nitrogen and oxygen atoms in total. The second kappa shape index (κ2) is 8.72. The summed E-state index contributed by atoms with van der Waals surface area (Å²) in [4.78, 5) is 26.0. The summed E-state index contributed by atoms with van der Waals surface area (Å²) in [5, 5.41) is 0. The van der Waals surface area contributed by atoms with E-state index in [0.717, 1.165) is 17.1 Å². The normalized spacial score (nSPS) is 16.0. The van der Waals surface area contributed by atoms with Crippen LogP contribution in [0.3, 0.4) is 0 Å². The second-order valence-corrected chi connectivity index (χ2v) is 7.40. The first-order chi connectivity index (χ1) is 15.4. The molecule has 0 spiro atoms. The van der Waals surface area contributed by atoms with Gasteiger partial charge in [-0.25, -0.2) is 19.2 Å². The number of aromatic nitrogens is 3. The van der Waals surface area contributed by atoms with Gasteiger partial charge in [0.25, 0.3) is 5.91 Å². The molecule has 1 amide bonds. The van der Waals surface area contributed by atoms with Crippen molar-refractivity contribution >= 4 is 11.6 Å². The molecule has 3 aromatic rings. The molecule has 3 heterocycles. The van der Waals surface area contributed by atoms with Crippen LogP contribution in [0.1, 0.15) is 23.3 Å². The summed E-state index contributed by atoms with van der Waals surface area (Å²) in [6, 6.07) is 6.73. The number of hydrogen-bond donors (Lipinski definition) is 1. The molecule has 0 unspecified atom stereocenters. The lowest BCUT2D eigenvalue weighted by Gasteiger charge is -2.30. The molecule has 32 heavy (non-hydrogen) atoms. The van der Waals surface area contributed by atoms with E-state index in [1.54, 1.807) is 6.07 Å². The number of methoxy groups -OCH3 is 1. The van der Waals surface area contributed by atoms with Gasteiger partial charge in [-0.3, -0.25) is 9.36 Å². The molecule has 164 valence electrons. The maximum Gasteiger partial charge on any atom is 0.277 e. The largest absolute Gasteiger partial charge is 0.481 e. The number of hydrogen-bond acceptors (Lipinski definition) is 5. The smallest absolute Gasteiger partial charge is 0.277 e. The number of benzene rings is 1. The number of carbonyl (C=O) groups excluding carboxylic acids is 1. The fourth-order valence-corrected chi connectivity index (χ4v) is 3.67. The Bertz CT molecular complexity index is 1200. The number of imidazole rings is 1. The maximum atomic E-state index is 15.6. The fourth-order valence-electron chi connectivity index (χ4n) is 3.67. The van der Waals surface area contributed by atoms with Gasteiger partial charge in [0.1, 0.15) is 11.6 Å². The molecule has 1 saturated heterocycles. The molecular formula is C22H20F2N6O2. The lowest BCUT2D eigenvalue weighted by atomic mass is 10.1. The molecule has 0 bridgehead atoms. The molecule has 0 saturated carbocycles. The van der Waals surface area contributed by atoms with Crippen molar-refractivity contribution < 1.29 is 18.3 Å². The number of amides is 1. The minimum atomic E-state index is -0.897. The highest BCUT2D eigenvalue weighted by Crippen LogP contribution is 2.30. The lowest BCUT2D eigenvalue weighted by molar-refractivity contribution is 0.0698. The zero-order valence-electron chi connectivity index (χ0n) is 17.3. The van der Waals surface area contributed by atoms with E-state index in [-0.39, 0.29) is 34.5 Å². The van der Waals surface area contributed by atoms with E-state index in [2.05, 4.69) is 14.8 Å². The summed E-state index contributed by atoms with van der Waals surface area (Å²) < 4.78 is 36.1. The van der Waals surface area contributed by atoms with E-state index in [0.29, 0.717) is 25.4 Å². The Morgan fingerprint density at radius 3 is 2.75 bits per heavy atom. The van der Waals surface area contributed by atoms with Crippen molar-refractivity contribution in [2.24, 2.45) is 5.73 Å². The Labute approximate surface area is 183 Å². The third kappa shape index (κ3) is 3.90. The zero-order chi connectivity index (χ0) is 22.8. The molecule has 2 aromatic heterocycles. The van der Waals surface area contributed by atoms with Crippen LogP contribution in [0.5, 0.6) is 5.88 Å². The van der Waals surface area contributed by atoms with Gasteiger partial charge >= 0.3 is 0 Å². The second-order valence-electron chi connectivity index (χ2n) is 7.40. The van der Waals surface area contributed by atoms with Crippen LogP contribution in [0.15, 0.2) is 36.5 Å². The topological polar surface area (TPSA) is 90.6 Å². The summed E-state index contributed by atoms with van der Waals surface area (Å²) in [6.45, 7) is 7.78. The molecule has 10 heteroatoms. The number of carbonyl (C=O) groups is 1. The average Bonchev–Trinajstić information content (AvgIpc) is 3.15. The first kappa shape index (κ1) is 21.4. The van der Waals surface area contributed by atoms with Gasteiger partial charge in [-0.05, 0) is 25.0 Å². The Balaban J connectivity index is 1.85. The SMILES string of the molecule is [C-]#[N+]c1ccc(-c2nc(C(=O)N3CCC[C@H](N)C3)c(F)n2-c2ccc(OC)nc2)cc1F. The monoisotopic (exact) mass is 438 g/mol. The minimum absolute atomic E-state index is 0.00885. The zero-order valence-corrected chi connectivity index (χ0v) is 17.3. The lowest BCUT2D eigenvalue weighted by Crippen LogP contribution is -2.46. The predicted molar refractivity (Wildman–Crippen MR) is 113 cm³/mol. The molecule has 1 aromatic carbocycles. The molecule has 0 aliphatic carbocycles. The highest BCUT2D eigenvalue weighted by atomic mass is 19.1. The molecule has 1 aliphatic heterocycles. The Kier molecular flexibility index (Phi) is 5.83. The number of nitrogens with two attached hydrogens (primary N) is 1. The highest BCUT2D eigenvalue weighted by molar-refractivity contribution is 5.93. The van der Waals surface area contributed by atoms with Crippen molar-refractivity contribution in [3.05, 3.63) is 65.4 Å². The molecule has 1 fully saturated rings. The van der Waals surface area contributed by atoms with Gasteiger partial charge < -0.3 is 15.4 Å². The number of nitrogens with zero attached hydrogens (tertiary/aromatic N) is 5. The summed E-state index contributed by atoms with van der Waals surface area (Å²) in [7, 11) is 1.45. The van der Waals surface area contributed by atoms with Crippen LogP contribution in [0.2, 0.25) is 0 Å². The average molecular weight is 438 g/mol. The number of piperidine rings is 1. The molecule has 1 atom stereocenters. The van der Waals surface area contributed by atoms with Crippen LogP contribution in [0.4, 0.5) is 14.5 Å². The molecule has 0 radical (unpaired) electrons. The molecule has 2 N–H and O–H groups in total. The van der Waals surface area contributed by atoms with Crippen LogP contribution in [0.25, 0.3) is 21.9 Å². The number of rotatable bonds is 4. The summed E-state index contributed by atoms with van der Waals surface area (Å²) in [6.07, 6.45) is 2.87. The van der Waals surface area contributed by atoms with Crippen LogP contribution >= 0.6 is 0 Å². The van der Waals surface area contributed by atoms with Crippen LogP contribution < -0.4 is 10.5 Å². The molecule has 1 aliphatic rings. The van der Waals surface area contributed by atoms with E-state index in [9.17, 15) is 9.18 Å². The minimum Gasteiger partial charge on any atom is -0.481 e. The van der Waals surface area contributed by atoms with Gasteiger partial charge in [-0.15, -0.1) is 0 Å². The van der Waals surface area contributed by atoms with E-state index in [4.69, 9.17) is 17.0 Å². The van der Waals surface area contributed by atoms with Crippen molar-refractivity contribution in [3.8, 4) is 23.0 Å². The summed E-state index contributed by atoms with van der Waals surface area (Å²) in [5.74, 6) is -1.92. The van der Waals surface area contributed by atoms with E-state index >= 15 is 4.39 Å².